The molecule has 18 heavy (non-hydrogen) atoms. The van der Waals surface area contributed by atoms with Crippen molar-refractivity contribution in [3.05, 3.63) is 46.3 Å². The maximum atomic E-state index is 10.9. The van der Waals surface area contributed by atoms with Gasteiger partial charge in [0.05, 0.1) is 24.3 Å². The first-order chi connectivity index (χ1) is 8.70. The van der Waals surface area contributed by atoms with Crippen molar-refractivity contribution in [3.8, 4) is 5.75 Å². The number of hydrogen-bond donors (Lipinski definition) is 2. The predicted molar refractivity (Wildman–Crippen MR) is 65.6 cm³/mol. The Labute approximate surface area is 103 Å². The van der Waals surface area contributed by atoms with Crippen LogP contribution in [-0.2, 0) is 6.54 Å². The molecular formula is C11H12N4O3. The lowest BCUT2D eigenvalue weighted by Crippen LogP contribution is -2.03. The molecule has 1 heterocycles. The van der Waals surface area contributed by atoms with Gasteiger partial charge in [-0.15, -0.1) is 0 Å². The van der Waals surface area contributed by atoms with E-state index in [9.17, 15) is 10.1 Å². The van der Waals surface area contributed by atoms with Crippen LogP contribution in [0.15, 0.2) is 30.5 Å². The van der Waals surface area contributed by atoms with E-state index in [1.807, 2.05) is 0 Å². The van der Waals surface area contributed by atoms with E-state index >= 15 is 0 Å². The van der Waals surface area contributed by atoms with Crippen LogP contribution in [0.5, 0.6) is 5.75 Å². The van der Waals surface area contributed by atoms with Gasteiger partial charge in [0, 0.05) is 18.3 Å². The fourth-order valence-electron chi connectivity index (χ4n) is 1.52. The van der Waals surface area contributed by atoms with Crippen LogP contribution in [0, 0.1) is 10.1 Å². The molecule has 2 rings (SSSR count). The highest BCUT2D eigenvalue weighted by atomic mass is 16.6. The van der Waals surface area contributed by atoms with E-state index in [1.54, 1.807) is 24.4 Å². The molecule has 7 nitrogen and oxygen atoms in total. The van der Waals surface area contributed by atoms with Crippen LogP contribution in [0.4, 0.5) is 11.4 Å². The zero-order valence-corrected chi connectivity index (χ0v) is 9.71. The summed E-state index contributed by atoms with van der Waals surface area (Å²) in [5.41, 5.74) is 1.26. The van der Waals surface area contributed by atoms with Crippen molar-refractivity contribution in [2.75, 3.05) is 12.4 Å². The van der Waals surface area contributed by atoms with E-state index in [-0.39, 0.29) is 5.69 Å². The number of H-pyrrole nitrogens is 1. The van der Waals surface area contributed by atoms with Gasteiger partial charge in [-0.25, -0.2) is 0 Å². The largest absolute Gasteiger partial charge is 0.497 e. The van der Waals surface area contributed by atoms with Crippen LogP contribution in [0.1, 0.15) is 5.69 Å². The number of hydrogen-bond acceptors (Lipinski definition) is 5. The number of anilines is 1. The zero-order valence-electron chi connectivity index (χ0n) is 9.71. The van der Waals surface area contributed by atoms with Crippen molar-refractivity contribution in [2.24, 2.45) is 0 Å². The Balaban J connectivity index is 2.20. The highest BCUT2D eigenvalue weighted by molar-refractivity contribution is 5.64. The Morgan fingerprint density at radius 3 is 2.94 bits per heavy atom. The summed E-state index contributed by atoms with van der Waals surface area (Å²) in [4.78, 5) is 10.5. The van der Waals surface area contributed by atoms with Crippen molar-refractivity contribution < 1.29 is 9.66 Å². The molecule has 94 valence electrons. The summed E-state index contributed by atoms with van der Waals surface area (Å²) in [7, 11) is 1.51. The molecule has 0 saturated heterocycles. The molecule has 2 aromatic rings. The maximum Gasteiger partial charge on any atom is 0.292 e. The Hall–Kier alpha value is -2.57. The van der Waals surface area contributed by atoms with Crippen molar-refractivity contribution in [3.63, 3.8) is 0 Å². The molecule has 2 N–H and O–H groups in total. The Morgan fingerprint density at radius 2 is 2.33 bits per heavy atom. The van der Waals surface area contributed by atoms with Crippen LogP contribution in [-0.4, -0.2) is 22.2 Å². The molecule has 0 bridgehead atoms. The summed E-state index contributed by atoms with van der Waals surface area (Å²) in [5.74, 6) is 0.563. The SMILES string of the molecule is COc1ccc([N+](=O)[O-])c(NCc2ccn[nH]2)c1. The van der Waals surface area contributed by atoms with Crippen LogP contribution >= 0.6 is 0 Å². The van der Waals surface area contributed by atoms with Crippen LogP contribution < -0.4 is 10.1 Å². The third kappa shape index (κ3) is 2.57. The van der Waals surface area contributed by atoms with E-state index in [4.69, 9.17) is 4.74 Å². The first-order valence-corrected chi connectivity index (χ1v) is 5.25. The summed E-state index contributed by atoms with van der Waals surface area (Å²) < 4.78 is 5.04. The molecule has 1 aromatic heterocycles. The smallest absolute Gasteiger partial charge is 0.292 e. The monoisotopic (exact) mass is 248 g/mol. The molecule has 0 saturated carbocycles. The standard InChI is InChI=1S/C11H12N4O3/c1-18-9-2-3-11(15(16)17)10(6-9)12-7-8-4-5-13-14-8/h2-6,12H,7H2,1H3,(H,13,14). The second kappa shape index (κ2) is 5.17. The minimum absolute atomic E-state index is 0.00955. The third-order valence-corrected chi connectivity index (χ3v) is 2.43. The molecule has 0 spiro atoms. The molecule has 1 aromatic carbocycles. The highest BCUT2D eigenvalue weighted by Crippen LogP contribution is 2.28. The lowest BCUT2D eigenvalue weighted by Gasteiger charge is -2.07. The van der Waals surface area contributed by atoms with Gasteiger partial charge in [0.1, 0.15) is 11.4 Å². The van der Waals surface area contributed by atoms with Crippen molar-refractivity contribution in [2.45, 2.75) is 6.54 Å². The average molecular weight is 248 g/mol. The topological polar surface area (TPSA) is 93.1 Å². The van der Waals surface area contributed by atoms with Crippen molar-refractivity contribution in [1.29, 1.82) is 0 Å². The van der Waals surface area contributed by atoms with E-state index in [1.165, 1.54) is 13.2 Å². The Bertz CT molecular complexity index is 539. The minimum atomic E-state index is -0.436. The fourth-order valence-corrected chi connectivity index (χ4v) is 1.52. The van der Waals surface area contributed by atoms with Crippen LogP contribution in [0.3, 0.4) is 0 Å². The molecule has 0 aliphatic rings. The maximum absolute atomic E-state index is 10.9. The fraction of sp³-hybridized carbons (Fsp3) is 0.182. The molecule has 0 amide bonds. The predicted octanol–water partition coefficient (Wildman–Crippen LogP) is 1.94. The van der Waals surface area contributed by atoms with Gasteiger partial charge in [-0.05, 0) is 12.1 Å². The lowest BCUT2D eigenvalue weighted by molar-refractivity contribution is -0.384. The minimum Gasteiger partial charge on any atom is -0.497 e. The number of nitro benzene ring substituents is 1. The average Bonchev–Trinajstić information content (AvgIpc) is 2.88. The number of aromatic nitrogens is 2. The Morgan fingerprint density at radius 1 is 1.50 bits per heavy atom. The first-order valence-electron chi connectivity index (χ1n) is 5.25. The summed E-state index contributed by atoms with van der Waals surface area (Å²) in [6.07, 6.45) is 1.62. The van der Waals surface area contributed by atoms with E-state index in [0.29, 0.717) is 18.0 Å². The molecule has 0 atom stereocenters. The van der Waals surface area contributed by atoms with Crippen LogP contribution in [0.2, 0.25) is 0 Å². The van der Waals surface area contributed by atoms with Crippen molar-refractivity contribution in [1.82, 2.24) is 10.2 Å². The molecule has 7 heteroatoms. The highest BCUT2D eigenvalue weighted by Gasteiger charge is 2.14. The number of nitrogens with one attached hydrogen (secondary N) is 2. The van der Waals surface area contributed by atoms with E-state index < -0.39 is 4.92 Å². The lowest BCUT2D eigenvalue weighted by atomic mass is 10.2. The Kier molecular flexibility index (Phi) is 3.42. The molecule has 0 fully saturated rings. The third-order valence-electron chi connectivity index (χ3n) is 2.43. The first kappa shape index (κ1) is 11.9. The zero-order chi connectivity index (χ0) is 13.0. The number of nitro groups is 1. The number of rotatable bonds is 5. The molecule has 0 radical (unpaired) electrons. The van der Waals surface area contributed by atoms with Gasteiger partial charge in [-0.1, -0.05) is 0 Å². The quantitative estimate of drug-likeness (QED) is 0.623. The number of methoxy groups -OCH3 is 1. The normalized spacial score (nSPS) is 10.1. The summed E-state index contributed by atoms with van der Waals surface area (Å²) in [5, 5.41) is 20.4. The number of nitrogens with zero attached hydrogens (tertiary/aromatic N) is 2. The van der Waals surface area contributed by atoms with Gasteiger partial charge in [-0.2, -0.15) is 5.10 Å². The second-order valence-corrected chi connectivity index (χ2v) is 3.58. The molecule has 0 aliphatic heterocycles. The number of aromatic amines is 1. The van der Waals surface area contributed by atoms with Crippen molar-refractivity contribution >= 4 is 11.4 Å². The molecular weight excluding hydrogens is 236 g/mol. The van der Waals surface area contributed by atoms with Crippen LogP contribution in [0.25, 0.3) is 0 Å². The van der Waals surface area contributed by atoms with Gasteiger partial charge < -0.3 is 10.1 Å². The number of ether oxygens (including phenoxy) is 1. The van der Waals surface area contributed by atoms with Gasteiger partial charge in [0.2, 0.25) is 0 Å². The van der Waals surface area contributed by atoms with E-state index in [0.717, 1.165) is 5.69 Å². The molecule has 0 unspecified atom stereocenters. The van der Waals surface area contributed by atoms with E-state index in [2.05, 4.69) is 15.5 Å². The summed E-state index contributed by atoms with van der Waals surface area (Å²) in [6, 6.07) is 6.35. The summed E-state index contributed by atoms with van der Waals surface area (Å²) >= 11 is 0. The van der Waals surface area contributed by atoms with Gasteiger partial charge >= 0.3 is 0 Å². The summed E-state index contributed by atoms with van der Waals surface area (Å²) in [6.45, 7) is 0.425. The number of benzene rings is 1. The van der Waals surface area contributed by atoms with Gasteiger partial charge in [-0.3, -0.25) is 15.2 Å². The molecule has 0 aliphatic carbocycles. The van der Waals surface area contributed by atoms with Gasteiger partial charge in [0.15, 0.2) is 0 Å². The van der Waals surface area contributed by atoms with Gasteiger partial charge in [0.25, 0.3) is 5.69 Å². The second-order valence-electron chi connectivity index (χ2n) is 3.58.